The molecule has 5 nitrogen and oxygen atoms in total. The molecule has 2 saturated heterocycles. The van der Waals surface area contributed by atoms with Crippen LogP contribution in [0.4, 0.5) is 4.79 Å². The number of hydrogen-bond acceptors (Lipinski definition) is 3. The van der Waals surface area contributed by atoms with Crippen molar-refractivity contribution < 1.29 is 19.4 Å². The van der Waals surface area contributed by atoms with Crippen LogP contribution in [-0.2, 0) is 9.53 Å². The van der Waals surface area contributed by atoms with Crippen molar-refractivity contribution in [2.45, 2.75) is 45.8 Å². The van der Waals surface area contributed by atoms with E-state index in [9.17, 15) is 9.59 Å². The summed E-state index contributed by atoms with van der Waals surface area (Å²) in [4.78, 5) is 24.6. The van der Waals surface area contributed by atoms with Gasteiger partial charge in [0.1, 0.15) is 5.60 Å². The minimum Gasteiger partial charge on any atom is -0.481 e. The van der Waals surface area contributed by atoms with Gasteiger partial charge in [0.05, 0.1) is 5.92 Å². The molecule has 3 aliphatic rings. The van der Waals surface area contributed by atoms with Gasteiger partial charge in [-0.2, -0.15) is 0 Å². The zero-order valence-electron chi connectivity index (χ0n) is 10.7. The fraction of sp³-hybridized carbons (Fsp3) is 0.833. The molecule has 1 saturated carbocycles. The van der Waals surface area contributed by atoms with Crippen molar-refractivity contribution in [3.63, 3.8) is 0 Å². The average Bonchev–Trinajstić information content (AvgIpc) is 2.52. The Morgan fingerprint density at radius 1 is 1.41 bits per heavy atom. The Balaban J connectivity index is 2.07. The fourth-order valence-electron chi connectivity index (χ4n) is 2.97. The molecule has 0 aromatic rings. The Morgan fingerprint density at radius 2 is 2.00 bits per heavy atom. The van der Waals surface area contributed by atoms with Gasteiger partial charge < -0.3 is 14.7 Å². The van der Waals surface area contributed by atoms with Gasteiger partial charge in [-0.25, -0.2) is 4.79 Å². The van der Waals surface area contributed by atoms with Gasteiger partial charge in [0, 0.05) is 18.0 Å². The smallest absolute Gasteiger partial charge is 0.410 e. The average molecular weight is 241 g/mol. The van der Waals surface area contributed by atoms with E-state index in [1.807, 2.05) is 27.7 Å². The van der Waals surface area contributed by atoms with Crippen LogP contribution < -0.4 is 0 Å². The van der Waals surface area contributed by atoms with Gasteiger partial charge in [0.15, 0.2) is 0 Å². The maximum Gasteiger partial charge on any atom is 0.410 e. The highest BCUT2D eigenvalue weighted by Crippen LogP contribution is 2.56. The van der Waals surface area contributed by atoms with E-state index in [0.717, 1.165) is 6.42 Å². The molecule has 1 aliphatic carbocycles. The van der Waals surface area contributed by atoms with Crippen LogP contribution in [-0.4, -0.2) is 40.3 Å². The molecule has 0 radical (unpaired) electrons. The molecule has 17 heavy (non-hydrogen) atoms. The van der Waals surface area contributed by atoms with Gasteiger partial charge >= 0.3 is 12.1 Å². The molecular formula is C12H19NO4. The molecule has 1 amide bonds. The number of nitrogens with zero attached hydrogens (tertiary/aromatic N) is 1. The third-order valence-electron chi connectivity index (χ3n) is 3.64. The molecule has 2 heterocycles. The number of hydrogen-bond donors (Lipinski definition) is 1. The van der Waals surface area contributed by atoms with Gasteiger partial charge in [-0.1, -0.05) is 6.92 Å². The van der Waals surface area contributed by atoms with Crippen molar-refractivity contribution in [3.05, 3.63) is 0 Å². The van der Waals surface area contributed by atoms with E-state index in [0.29, 0.717) is 6.54 Å². The number of aliphatic carboxylic acids is 1. The molecule has 0 aromatic heterocycles. The number of ether oxygens (including phenoxy) is 1. The molecule has 3 rings (SSSR count). The largest absolute Gasteiger partial charge is 0.481 e. The van der Waals surface area contributed by atoms with E-state index in [1.54, 1.807) is 4.90 Å². The minimum absolute atomic E-state index is 0.188. The minimum atomic E-state index is -0.810. The summed E-state index contributed by atoms with van der Waals surface area (Å²) in [6, 6.07) is -0.188. The Kier molecular flexibility index (Phi) is 2.42. The molecule has 2 bridgehead atoms. The monoisotopic (exact) mass is 241 g/mol. The maximum atomic E-state index is 11.9. The number of rotatable bonds is 1. The normalized spacial score (nSPS) is 35.4. The first-order chi connectivity index (χ1) is 7.64. The predicted molar refractivity (Wildman–Crippen MR) is 60.6 cm³/mol. The van der Waals surface area contributed by atoms with Crippen molar-refractivity contribution in [2.75, 3.05) is 6.54 Å². The molecule has 0 aromatic carbocycles. The van der Waals surface area contributed by atoms with E-state index < -0.39 is 23.6 Å². The highest BCUT2D eigenvalue weighted by molar-refractivity contribution is 5.78. The van der Waals surface area contributed by atoms with Gasteiger partial charge in [-0.3, -0.25) is 4.79 Å². The Labute approximate surface area is 101 Å². The summed E-state index contributed by atoms with van der Waals surface area (Å²) in [6.07, 6.45) is 0.374. The van der Waals surface area contributed by atoms with Gasteiger partial charge in [0.25, 0.3) is 0 Å². The topological polar surface area (TPSA) is 66.8 Å². The first-order valence-electron chi connectivity index (χ1n) is 5.86. The van der Waals surface area contributed by atoms with E-state index >= 15 is 0 Å². The Hall–Kier alpha value is -1.26. The standard InChI is InChI=1S/C12H19NO4/c1-11(2,3)17-10(16)13-6-12(4)5-7(13)8(12)9(14)15/h7-8H,5-6H2,1-4H3,(H,14,15)/t7-,8+,12-/m1/s1. The quantitative estimate of drug-likeness (QED) is 0.759. The summed E-state index contributed by atoms with van der Waals surface area (Å²) >= 11 is 0. The van der Waals surface area contributed by atoms with E-state index in [1.165, 1.54) is 0 Å². The molecule has 2 aliphatic heterocycles. The van der Waals surface area contributed by atoms with Crippen molar-refractivity contribution >= 4 is 12.1 Å². The van der Waals surface area contributed by atoms with E-state index in [4.69, 9.17) is 9.84 Å². The number of carboxylic acids is 1. The van der Waals surface area contributed by atoms with Crippen LogP contribution >= 0.6 is 0 Å². The zero-order chi connectivity index (χ0) is 13.0. The summed E-state index contributed by atoms with van der Waals surface area (Å²) in [5.74, 6) is -1.25. The first-order valence-corrected chi connectivity index (χ1v) is 5.86. The second-order valence-electron chi connectivity index (χ2n) is 6.35. The number of carbonyl (C=O) groups is 2. The third-order valence-corrected chi connectivity index (χ3v) is 3.64. The third kappa shape index (κ3) is 1.87. The van der Waals surface area contributed by atoms with Gasteiger partial charge in [0.2, 0.25) is 0 Å². The summed E-state index contributed by atoms with van der Waals surface area (Å²) < 4.78 is 5.29. The zero-order valence-corrected chi connectivity index (χ0v) is 10.7. The van der Waals surface area contributed by atoms with Crippen molar-refractivity contribution in [2.24, 2.45) is 11.3 Å². The number of fused-ring (bicyclic) bond motifs is 1. The highest BCUT2D eigenvalue weighted by atomic mass is 16.6. The summed E-state index contributed by atoms with van der Waals surface area (Å²) in [7, 11) is 0. The number of amides is 1. The van der Waals surface area contributed by atoms with Crippen LogP contribution in [0.25, 0.3) is 0 Å². The lowest BCUT2D eigenvalue weighted by atomic mass is 9.62. The van der Waals surface area contributed by atoms with Crippen LogP contribution in [0.15, 0.2) is 0 Å². The number of carbonyl (C=O) groups excluding carboxylic acids is 1. The van der Waals surface area contributed by atoms with Crippen LogP contribution in [0.3, 0.4) is 0 Å². The molecule has 0 unspecified atom stereocenters. The highest BCUT2D eigenvalue weighted by Gasteiger charge is 2.65. The van der Waals surface area contributed by atoms with Crippen LogP contribution in [0.1, 0.15) is 34.1 Å². The first kappa shape index (κ1) is 12.2. The van der Waals surface area contributed by atoms with Crippen molar-refractivity contribution in [1.29, 1.82) is 0 Å². The SMILES string of the molecule is CC(C)(C)OC(=O)N1C[C@@]2(C)C[C@@H]1[C@H]2C(=O)O. The van der Waals surface area contributed by atoms with Crippen LogP contribution in [0, 0.1) is 11.3 Å². The lowest BCUT2D eigenvalue weighted by Gasteiger charge is -2.40. The Bertz CT molecular complexity index is 373. The lowest BCUT2D eigenvalue weighted by molar-refractivity contribution is -0.151. The van der Waals surface area contributed by atoms with Crippen LogP contribution in [0.2, 0.25) is 0 Å². The van der Waals surface area contributed by atoms with Crippen molar-refractivity contribution in [1.82, 2.24) is 4.90 Å². The van der Waals surface area contributed by atoms with Crippen molar-refractivity contribution in [3.8, 4) is 0 Å². The molecular weight excluding hydrogens is 222 g/mol. The van der Waals surface area contributed by atoms with Gasteiger partial charge in [-0.15, -0.1) is 0 Å². The van der Waals surface area contributed by atoms with Gasteiger partial charge in [-0.05, 0) is 27.2 Å². The number of carboxylic acid groups (broad SMARTS) is 1. The molecule has 1 N–H and O–H groups in total. The molecule has 96 valence electrons. The van der Waals surface area contributed by atoms with E-state index in [2.05, 4.69) is 0 Å². The molecule has 3 fully saturated rings. The fourth-order valence-corrected chi connectivity index (χ4v) is 2.97. The molecule has 5 heteroatoms. The maximum absolute atomic E-state index is 11.9. The summed E-state index contributed by atoms with van der Waals surface area (Å²) in [6.45, 7) is 7.83. The Morgan fingerprint density at radius 3 is 2.41 bits per heavy atom. The lowest BCUT2D eigenvalue weighted by Crippen LogP contribution is -2.50. The predicted octanol–water partition coefficient (Wildman–Crippen LogP) is 1.72. The molecule has 0 spiro atoms. The second kappa shape index (κ2) is 3.37. The second-order valence-corrected chi connectivity index (χ2v) is 6.35. The molecule has 3 atom stereocenters. The van der Waals surface area contributed by atoms with E-state index in [-0.39, 0.29) is 11.5 Å². The van der Waals surface area contributed by atoms with Crippen LogP contribution in [0.5, 0.6) is 0 Å². The summed E-state index contributed by atoms with van der Waals surface area (Å²) in [5, 5.41) is 9.13. The summed E-state index contributed by atoms with van der Waals surface area (Å²) in [5.41, 5.74) is -0.808.